The molecule has 0 aliphatic carbocycles. The summed E-state index contributed by atoms with van der Waals surface area (Å²) in [6, 6.07) is 3.82. The first-order valence-electron chi connectivity index (χ1n) is 7.65. The zero-order valence-electron chi connectivity index (χ0n) is 14.1. The van der Waals surface area contributed by atoms with Gasteiger partial charge in [0.2, 0.25) is 0 Å². The van der Waals surface area contributed by atoms with E-state index in [1.165, 1.54) is 0 Å². The number of pyridine rings is 1. The van der Waals surface area contributed by atoms with E-state index in [2.05, 4.69) is 10.3 Å². The molecule has 0 aliphatic heterocycles. The van der Waals surface area contributed by atoms with Gasteiger partial charge in [0.15, 0.2) is 0 Å². The van der Waals surface area contributed by atoms with Gasteiger partial charge in [-0.3, -0.25) is 4.98 Å². The smallest absolute Gasteiger partial charge is 0.407 e. The van der Waals surface area contributed by atoms with Crippen molar-refractivity contribution in [3.05, 3.63) is 29.6 Å². The van der Waals surface area contributed by atoms with Crippen LogP contribution in [0.25, 0.3) is 0 Å². The van der Waals surface area contributed by atoms with Gasteiger partial charge in [-0.15, -0.1) is 0 Å². The number of amides is 1. The van der Waals surface area contributed by atoms with E-state index in [9.17, 15) is 4.79 Å². The number of hydrogen-bond acceptors (Lipinski definition) is 6. The molecular formula is C16H27N3O4. The topological polar surface area (TPSA) is 95.7 Å². The predicted molar refractivity (Wildman–Crippen MR) is 86.8 cm³/mol. The number of nitrogens with two attached hydrogens (primary N) is 1. The molecular weight excluding hydrogens is 298 g/mol. The molecule has 1 aromatic heterocycles. The summed E-state index contributed by atoms with van der Waals surface area (Å²) < 4.78 is 15.8. The SMILES string of the molecule is CC(C)(C)NC(=O)OCCOCc1ccc(COCCN)nc1. The van der Waals surface area contributed by atoms with Crippen LogP contribution in [-0.4, -0.2) is 43.0 Å². The van der Waals surface area contributed by atoms with Gasteiger partial charge in [0.05, 0.1) is 32.1 Å². The highest BCUT2D eigenvalue weighted by molar-refractivity contribution is 5.67. The first-order valence-corrected chi connectivity index (χ1v) is 7.65. The fourth-order valence-corrected chi connectivity index (χ4v) is 1.61. The summed E-state index contributed by atoms with van der Waals surface area (Å²) in [4.78, 5) is 15.7. The molecule has 3 N–H and O–H groups in total. The molecule has 0 atom stereocenters. The van der Waals surface area contributed by atoms with Gasteiger partial charge in [0.25, 0.3) is 0 Å². The molecule has 1 amide bonds. The number of aromatic nitrogens is 1. The van der Waals surface area contributed by atoms with Crippen molar-refractivity contribution >= 4 is 6.09 Å². The highest BCUT2D eigenvalue weighted by Gasteiger charge is 2.14. The van der Waals surface area contributed by atoms with Crippen LogP contribution in [-0.2, 0) is 27.4 Å². The molecule has 0 bridgehead atoms. The summed E-state index contributed by atoms with van der Waals surface area (Å²) in [6.45, 7) is 8.11. The lowest BCUT2D eigenvalue weighted by atomic mass is 10.1. The standard InChI is InChI=1S/C16H27N3O4/c1-16(2,3)19-15(20)23-9-8-22-11-13-4-5-14(18-10-13)12-21-7-6-17/h4-5,10H,6-9,11-12,17H2,1-3H3,(H,19,20). The Hall–Kier alpha value is -1.70. The van der Waals surface area contributed by atoms with Gasteiger partial charge in [-0.25, -0.2) is 4.79 Å². The number of ether oxygens (including phenoxy) is 3. The van der Waals surface area contributed by atoms with E-state index in [4.69, 9.17) is 19.9 Å². The minimum Gasteiger partial charge on any atom is -0.447 e. The molecule has 0 aliphatic rings. The second-order valence-corrected chi connectivity index (χ2v) is 6.06. The Morgan fingerprint density at radius 3 is 2.52 bits per heavy atom. The second-order valence-electron chi connectivity index (χ2n) is 6.06. The van der Waals surface area contributed by atoms with Gasteiger partial charge >= 0.3 is 6.09 Å². The zero-order chi connectivity index (χ0) is 17.1. The van der Waals surface area contributed by atoms with Gasteiger partial charge in [-0.2, -0.15) is 0 Å². The van der Waals surface area contributed by atoms with Crippen molar-refractivity contribution in [1.29, 1.82) is 0 Å². The van der Waals surface area contributed by atoms with E-state index >= 15 is 0 Å². The van der Waals surface area contributed by atoms with Crippen molar-refractivity contribution in [3.8, 4) is 0 Å². The van der Waals surface area contributed by atoms with Crippen molar-refractivity contribution in [3.63, 3.8) is 0 Å². The van der Waals surface area contributed by atoms with E-state index in [0.717, 1.165) is 11.3 Å². The van der Waals surface area contributed by atoms with Crippen LogP contribution in [0.5, 0.6) is 0 Å². The van der Waals surface area contributed by atoms with Crippen LogP contribution in [0, 0.1) is 0 Å². The Bertz CT molecular complexity index is 457. The fraction of sp³-hybridized carbons (Fsp3) is 0.625. The highest BCUT2D eigenvalue weighted by Crippen LogP contribution is 2.04. The number of nitrogens with zero attached hydrogens (tertiary/aromatic N) is 1. The Balaban J connectivity index is 2.15. The Kier molecular flexibility index (Phi) is 8.53. The minimum absolute atomic E-state index is 0.209. The van der Waals surface area contributed by atoms with E-state index in [-0.39, 0.29) is 12.1 Å². The zero-order valence-corrected chi connectivity index (χ0v) is 14.1. The number of carbonyl (C=O) groups is 1. The number of carbonyl (C=O) groups excluding carboxylic acids is 1. The quantitative estimate of drug-likeness (QED) is 0.670. The molecule has 7 heteroatoms. The molecule has 1 rings (SSSR count). The van der Waals surface area contributed by atoms with Crippen molar-refractivity contribution in [1.82, 2.24) is 10.3 Å². The van der Waals surface area contributed by atoms with Crippen molar-refractivity contribution in [2.45, 2.75) is 39.5 Å². The first-order chi connectivity index (χ1) is 10.9. The molecule has 0 fully saturated rings. The monoisotopic (exact) mass is 325 g/mol. The fourth-order valence-electron chi connectivity index (χ4n) is 1.61. The maximum Gasteiger partial charge on any atom is 0.407 e. The van der Waals surface area contributed by atoms with E-state index < -0.39 is 6.09 Å². The molecule has 7 nitrogen and oxygen atoms in total. The lowest BCUT2D eigenvalue weighted by Gasteiger charge is -2.19. The second kappa shape index (κ2) is 10.1. The lowest BCUT2D eigenvalue weighted by Crippen LogP contribution is -2.41. The Morgan fingerprint density at radius 1 is 1.17 bits per heavy atom. The molecule has 0 radical (unpaired) electrons. The highest BCUT2D eigenvalue weighted by atomic mass is 16.6. The van der Waals surface area contributed by atoms with Crippen molar-refractivity contribution in [2.75, 3.05) is 26.4 Å². The number of hydrogen-bond donors (Lipinski definition) is 2. The molecule has 1 aromatic rings. The third-order valence-corrected chi connectivity index (χ3v) is 2.60. The summed E-state index contributed by atoms with van der Waals surface area (Å²) in [6.07, 6.45) is 1.30. The maximum absolute atomic E-state index is 11.4. The molecule has 0 saturated carbocycles. The first kappa shape index (κ1) is 19.3. The maximum atomic E-state index is 11.4. The predicted octanol–water partition coefficient (Wildman–Crippen LogP) is 1.60. The summed E-state index contributed by atoms with van der Waals surface area (Å²) in [5.41, 5.74) is 6.84. The Labute approximate surface area is 137 Å². The number of rotatable bonds is 9. The third-order valence-electron chi connectivity index (χ3n) is 2.60. The molecule has 130 valence electrons. The van der Waals surface area contributed by atoms with Crippen LogP contribution >= 0.6 is 0 Å². The van der Waals surface area contributed by atoms with Crippen LogP contribution in [0.1, 0.15) is 32.0 Å². The summed E-state index contributed by atoms with van der Waals surface area (Å²) in [7, 11) is 0. The van der Waals surface area contributed by atoms with Gasteiger partial charge in [0.1, 0.15) is 6.61 Å². The van der Waals surface area contributed by atoms with Gasteiger partial charge in [-0.05, 0) is 32.4 Å². The minimum atomic E-state index is -0.440. The average Bonchev–Trinajstić information content (AvgIpc) is 2.47. The molecule has 0 saturated heterocycles. The van der Waals surface area contributed by atoms with E-state index in [1.54, 1.807) is 6.20 Å². The van der Waals surface area contributed by atoms with Gasteiger partial charge in [-0.1, -0.05) is 6.07 Å². The van der Waals surface area contributed by atoms with Gasteiger partial charge < -0.3 is 25.3 Å². The van der Waals surface area contributed by atoms with E-state index in [1.807, 2.05) is 32.9 Å². The normalized spacial score (nSPS) is 11.3. The molecule has 0 unspecified atom stereocenters. The number of alkyl carbamates (subject to hydrolysis) is 1. The molecule has 1 heterocycles. The molecule has 23 heavy (non-hydrogen) atoms. The summed E-state index contributed by atoms with van der Waals surface area (Å²) in [5, 5.41) is 2.71. The van der Waals surface area contributed by atoms with Crippen molar-refractivity contribution < 1.29 is 19.0 Å². The lowest BCUT2D eigenvalue weighted by molar-refractivity contribution is 0.0622. The van der Waals surface area contributed by atoms with Crippen LogP contribution in [0.15, 0.2) is 18.3 Å². The van der Waals surface area contributed by atoms with Crippen LogP contribution < -0.4 is 11.1 Å². The van der Waals surface area contributed by atoms with Crippen LogP contribution in [0.4, 0.5) is 4.79 Å². The van der Waals surface area contributed by atoms with Crippen LogP contribution in [0.3, 0.4) is 0 Å². The molecule has 0 aromatic carbocycles. The number of nitrogens with one attached hydrogen (secondary N) is 1. The molecule has 0 spiro atoms. The largest absolute Gasteiger partial charge is 0.447 e. The summed E-state index contributed by atoms with van der Waals surface area (Å²) in [5.74, 6) is 0. The third kappa shape index (κ3) is 9.83. The van der Waals surface area contributed by atoms with Crippen LogP contribution in [0.2, 0.25) is 0 Å². The summed E-state index contributed by atoms with van der Waals surface area (Å²) >= 11 is 0. The van der Waals surface area contributed by atoms with Gasteiger partial charge in [0, 0.05) is 18.3 Å². The Morgan fingerprint density at radius 2 is 1.91 bits per heavy atom. The van der Waals surface area contributed by atoms with E-state index in [0.29, 0.717) is 33.0 Å². The van der Waals surface area contributed by atoms with Crippen molar-refractivity contribution in [2.24, 2.45) is 5.73 Å². The average molecular weight is 325 g/mol.